The van der Waals surface area contributed by atoms with Crippen molar-refractivity contribution in [3.8, 4) is 0 Å². The van der Waals surface area contributed by atoms with E-state index in [1.54, 1.807) is 0 Å². The Bertz CT molecular complexity index is 152. The van der Waals surface area contributed by atoms with E-state index in [0.29, 0.717) is 0 Å². The molecular formula is C4H15NaO10Ti. The Morgan fingerprint density at radius 3 is 1.00 bits per heavy atom. The van der Waals surface area contributed by atoms with Crippen LogP contribution < -0.4 is 29.6 Å². The van der Waals surface area contributed by atoms with Crippen molar-refractivity contribution in [2.45, 2.75) is 12.2 Å². The molecule has 0 bridgehead atoms. The zero-order chi connectivity index (χ0) is 8.31. The van der Waals surface area contributed by atoms with Gasteiger partial charge in [0.15, 0.2) is 12.2 Å². The fraction of sp³-hybridized carbons (Fsp3) is 0.500. The third-order valence-electron chi connectivity index (χ3n) is 0.805. The maximum absolute atomic E-state index is 9.77. The minimum absolute atomic E-state index is 0. The molecule has 2 unspecified atom stereocenters. The van der Waals surface area contributed by atoms with Gasteiger partial charge >= 0.3 is 41.5 Å². The minimum atomic E-state index is -2.27. The first-order chi connectivity index (χ1) is 4.46. The number of aliphatic hydroxyl groups is 2. The van der Waals surface area contributed by atoms with Crippen molar-refractivity contribution in [2.75, 3.05) is 0 Å². The van der Waals surface area contributed by atoms with Crippen molar-refractivity contribution in [2.24, 2.45) is 0 Å². The van der Waals surface area contributed by atoms with E-state index < -0.39 is 24.1 Å². The van der Waals surface area contributed by atoms with Crippen LogP contribution in [0.2, 0.25) is 0 Å². The van der Waals surface area contributed by atoms with Gasteiger partial charge in [0, 0.05) is 21.7 Å². The maximum atomic E-state index is 9.77. The third kappa shape index (κ3) is 16.8. The maximum Gasteiger partial charge on any atom is 1.00 e. The van der Waals surface area contributed by atoms with Gasteiger partial charge in [-0.3, -0.25) is 0 Å². The van der Waals surface area contributed by atoms with E-state index in [-0.39, 0.29) is 74.6 Å². The fourth-order valence-electron chi connectivity index (χ4n) is 0.270. The van der Waals surface area contributed by atoms with Crippen LogP contribution in [0.5, 0.6) is 0 Å². The summed E-state index contributed by atoms with van der Waals surface area (Å²) < 4.78 is 0. The molecule has 0 rings (SSSR count). The smallest absolute Gasteiger partial charge is 1.00 e. The fourth-order valence-corrected chi connectivity index (χ4v) is 0.270. The van der Waals surface area contributed by atoms with E-state index in [0.717, 1.165) is 0 Å². The molecule has 12 heteroatoms. The Hall–Kier alpha value is 0.414. The van der Waals surface area contributed by atoms with Gasteiger partial charge in [0.25, 0.3) is 0 Å². The normalized spacial score (nSPS) is 9.88. The average molecular weight is 294 g/mol. The quantitative estimate of drug-likeness (QED) is 0.368. The summed E-state index contributed by atoms with van der Waals surface area (Å²) in [6.45, 7) is 0. The van der Waals surface area contributed by atoms with E-state index in [2.05, 4.69) is 0 Å². The number of aliphatic hydroxyl groups excluding tert-OH is 2. The topological polar surface area (TPSA) is 241 Å². The first-order valence-electron chi connectivity index (χ1n) is 2.28. The summed E-state index contributed by atoms with van der Waals surface area (Å²) in [6.07, 6.45) is -4.53. The summed E-state index contributed by atoms with van der Waals surface area (Å²) in [4.78, 5) is 19.5. The molecule has 0 heterocycles. The summed E-state index contributed by atoms with van der Waals surface area (Å²) in [7, 11) is 0. The number of aliphatic carboxylic acids is 2. The summed E-state index contributed by atoms with van der Waals surface area (Å²) in [5.74, 6) is -3.54. The Labute approximate surface area is 128 Å². The van der Waals surface area contributed by atoms with E-state index in [4.69, 9.17) is 20.4 Å². The first kappa shape index (κ1) is 44.0. The van der Waals surface area contributed by atoms with Crippen molar-refractivity contribution in [3.63, 3.8) is 0 Å². The second-order valence-corrected chi connectivity index (χ2v) is 1.57. The largest absolute Gasteiger partial charge is 1.00 e. The predicted octanol–water partition coefficient (Wildman–Crippen LogP) is -8.31. The summed E-state index contributed by atoms with van der Waals surface area (Å²) in [5.41, 5.74) is 0. The minimum Gasteiger partial charge on any atom is -1.00 e. The van der Waals surface area contributed by atoms with Gasteiger partial charge < -0.3 is 43.8 Å². The molecule has 0 spiro atoms. The van der Waals surface area contributed by atoms with Crippen LogP contribution in [-0.4, -0.2) is 66.5 Å². The van der Waals surface area contributed by atoms with Crippen LogP contribution in [0, 0.1) is 0 Å². The molecule has 16 heavy (non-hydrogen) atoms. The molecule has 0 aliphatic heterocycles. The van der Waals surface area contributed by atoms with Crippen molar-refractivity contribution < 1.29 is 105 Å². The number of hydrogen-bond acceptors (Lipinski definition) is 4. The van der Waals surface area contributed by atoms with Gasteiger partial charge in [-0.1, -0.05) is 0 Å². The van der Waals surface area contributed by atoms with Gasteiger partial charge in [-0.15, -0.1) is 0 Å². The SMILES string of the molecule is O.O.O.O.O=C(O)C(O)C(O)C(=O)O.[H-].[Na+].[Ti]. The van der Waals surface area contributed by atoms with E-state index in [1.807, 2.05) is 0 Å². The predicted molar refractivity (Wildman–Crippen MR) is 42.9 cm³/mol. The molecule has 0 aromatic rings. The number of rotatable bonds is 3. The molecular weight excluding hydrogens is 279 g/mol. The molecule has 12 N–H and O–H groups in total. The van der Waals surface area contributed by atoms with Crippen LogP contribution in [0.1, 0.15) is 1.43 Å². The number of carbonyl (C=O) groups is 2. The third-order valence-corrected chi connectivity index (χ3v) is 0.805. The van der Waals surface area contributed by atoms with Crippen molar-refractivity contribution in [1.29, 1.82) is 0 Å². The second-order valence-electron chi connectivity index (χ2n) is 1.57. The molecule has 2 atom stereocenters. The van der Waals surface area contributed by atoms with Gasteiger partial charge in [0.1, 0.15) is 0 Å². The summed E-state index contributed by atoms with van der Waals surface area (Å²) in [6, 6.07) is 0. The molecule has 0 saturated carbocycles. The Morgan fingerprint density at radius 2 is 0.938 bits per heavy atom. The summed E-state index contributed by atoms with van der Waals surface area (Å²) in [5, 5.41) is 32.5. The van der Waals surface area contributed by atoms with Gasteiger partial charge in [-0.05, 0) is 0 Å². The summed E-state index contributed by atoms with van der Waals surface area (Å²) >= 11 is 0. The van der Waals surface area contributed by atoms with Gasteiger partial charge in [0.05, 0.1) is 0 Å². The number of hydrogen-bond donors (Lipinski definition) is 4. The molecule has 0 aromatic heterocycles. The molecule has 10 nitrogen and oxygen atoms in total. The van der Waals surface area contributed by atoms with Crippen LogP contribution in [0.15, 0.2) is 0 Å². The molecule has 0 radical (unpaired) electrons. The van der Waals surface area contributed by atoms with Gasteiger partial charge in [-0.25, -0.2) is 9.59 Å². The number of carboxylic acid groups (broad SMARTS) is 2. The van der Waals surface area contributed by atoms with Crippen LogP contribution in [0.25, 0.3) is 0 Å². The molecule has 0 fully saturated rings. The molecule has 0 saturated heterocycles. The Kier molecular flexibility index (Phi) is 57.2. The molecule has 0 aliphatic carbocycles. The van der Waals surface area contributed by atoms with Crippen LogP contribution >= 0.6 is 0 Å². The Morgan fingerprint density at radius 1 is 0.812 bits per heavy atom. The van der Waals surface area contributed by atoms with Gasteiger partial charge in [0.2, 0.25) is 0 Å². The van der Waals surface area contributed by atoms with Crippen LogP contribution in [0.4, 0.5) is 0 Å². The molecule has 0 amide bonds. The van der Waals surface area contributed by atoms with E-state index >= 15 is 0 Å². The second kappa shape index (κ2) is 20.8. The van der Waals surface area contributed by atoms with E-state index in [9.17, 15) is 9.59 Å². The van der Waals surface area contributed by atoms with E-state index in [1.165, 1.54) is 0 Å². The van der Waals surface area contributed by atoms with Crippen molar-refractivity contribution >= 4 is 11.9 Å². The Balaban J connectivity index is -0.0000000193. The van der Waals surface area contributed by atoms with Crippen LogP contribution in [-0.2, 0) is 31.3 Å². The standard InChI is InChI=1S/C4H6O6.Na.4H2O.Ti.H/c5-1(3(7)8)2(6)4(9)10;;;;;;;/h1-2,5-6H,(H,7,8)(H,9,10);;4*1H2;;/q;+1;;;;;;-1. The average Bonchev–Trinajstić information content (AvgIpc) is 1.84. The number of carboxylic acids is 2. The van der Waals surface area contributed by atoms with Crippen molar-refractivity contribution in [3.05, 3.63) is 0 Å². The molecule has 96 valence electrons. The first-order valence-corrected chi connectivity index (χ1v) is 2.28. The van der Waals surface area contributed by atoms with Crippen LogP contribution in [0.3, 0.4) is 0 Å². The molecule has 0 aromatic carbocycles. The zero-order valence-corrected chi connectivity index (χ0v) is 11.8. The molecule has 0 aliphatic rings. The van der Waals surface area contributed by atoms with Gasteiger partial charge in [-0.2, -0.15) is 0 Å². The van der Waals surface area contributed by atoms with Crippen molar-refractivity contribution in [1.82, 2.24) is 0 Å². The zero-order valence-electron chi connectivity index (χ0n) is 9.26. The monoisotopic (exact) mass is 294 g/mol.